The van der Waals surface area contributed by atoms with Crippen molar-refractivity contribution in [2.45, 2.75) is 35.7 Å². The lowest BCUT2D eigenvalue weighted by atomic mass is 10.0. The molecule has 0 fully saturated rings. The van der Waals surface area contributed by atoms with Gasteiger partial charge >= 0.3 is 5.97 Å². The van der Waals surface area contributed by atoms with Gasteiger partial charge in [0.15, 0.2) is 15.9 Å². The van der Waals surface area contributed by atoms with Crippen molar-refractivity contribution in [3.8, 4) is 22.6 Å². The highest BCUT2D eigenvalue weighted by Gasteiger charge is 2.23. The molecule has 40 heavy (non-hydrogen) atoms. The maximum absolute atomic E-state index is 12.9. The number of carboxylic acid groups (broad SMARTS) is 1. The van der Waals surface area contributed by atoms with Crippen LogP contribution in [0.15, 0.2) is 70.5 Å². The van der Waals surface area contributed by atoms with E-state index in [-0.39, 0.29) is 35.6 Å². The van der Waals surface area contributed by atoms with E-state index < -0.39 is 48.4 Å². The Bertz CT molecular complexity index is 1640. The first-order valence-corrected chi connectivity index (χ1v) is 15.3. The average molecular weight is 592 g/mol. The first kappa shape index (κ1) is 30.6. The minimum atomic E-state index is -4.26. The summed E-state index contributed by atoms with van der Waals surface area (Å²) in [5.74, 6) is -2.09. The van der Waals surface area contributed by atoms with Crippen LogP contribution in [0.3, 0.4) is 0 Å². The van der Waals surface area contributed by atoms with Crippen molar-refractivity contribution in [2.75, 3.05) is 12.8 Å². The van der Waals surface area contributed by atoms with Gasteiger partial charge in [-0.15, -0.1) is 0 Å². The molecule has 0 amide bonds. The predicted octanol–water partition coefficient (Wildman–Crippen LogP) is 2.53. The number of benzene rings is 3. The number of nitrogens with one attached hydrogen (secondary N) is 3. The van der Waals surface area contributed by atoms with E-state index in [1.807, 2.05) is 0 Å². The third-order valence-electron chi connectivity index (χ3n) is 5.92. The molecule has 0 bridgehead atoms. The Morgan fingerprint density at radius 3 is 2.35 bits per heavy atom. The summed E-state index contributed by atoms with van der Waals surface area (Å²) in [6, 6.07) is 14.4. The second-order valence-electron chi connectivity index (χ2n) is 8.76. The molecule has 0 aromatic heterocycles. The van der Waals surface area contributed by atoms with Gasteiger partial charge in [-0.05, 0) is 54.3 Å². The third kappa shape index (κ3) is 7.15. The van der Waals surface area contributed by atoms with E-state index in [2.05, 4.69) is 4.72 Å². The lowest BCUT2D eigenvalue weighted by Crippen LogP contribution is -2.28. The van der Waals surface area contributed by atoms with Crippen molar-refractivity contribution in [1.29, 1.82) is 5.41 Å². The molecule has 0 aliphatic rings. The van der Waals surface area contributed by atoms with Crippen molar-refractivity contribution in [2.24, 2.45) is 0 Å². The fourth-order valence-electron chi connectivity index (χ4n) is 3.88. The fourth-order valence-corrected chi connectivity index (χ4v) is 5.94. The molecule has 14 heteroatoms. The smallest absolute Gasteiger partial charge is 0.344 e. The summed E-state index contributed by atoms with van der Waals surface area (Å²) in [5.41, 5.74) is 2.92. The number of hydrogen-bond acceptors (Lipinski definition) is 9. The molecular weight excluding hydrogens is 562 g/mol. The second-order valence-corrected chi connectivity index (χ2v) is 12.5. The summed E-state index contributed by atoms with van der Waals surface area (Å²) >= 11 is 0. The Hall–Kier alpha value is -3.98. The normalized spacial score (nSPS) is 12.5. The molecule has 214 valence electrons. The van der Waals surface area contributed by atoms with E-state index in [0.717, 1.165) is 18.4 Å². The van der Waals surface area contributed by atoms with Crippen molar-refractivity contribution in [1.82, 2.24) is 10.2 Å². The van der Waals surface area contributed by atoms with Gasteiger partial charge in [-0.25, -0.2) is 26.4 Å². The molecule has 3 aromatic carbocycles. The zero-order valence-corrected chi connectivity index (χ0v) is 23.2. The quantitative estimate of drug-likeness (QED) is 0.103. The fraction of sp³-hybridized carbons (Fsp3) is 0.231. The highest BCUT2D eigenvalue weighted by Crippen LogP contribution is 2.33. The van der Waals surface area contributed by atoms with Crippen LogP contribution in [0.5, 0.6) is 11.5 Å². The molecule has 0 radical (unpaired) electrons. The number of sulfone groups is 1. The number of hydroxylamine groups is 1. The molecule has 3 aromatic rings. The van der Waals surface area contributed by atoms with Crippen LogP contribution >= 0.6 is 0 Å². The van der Waals surface area contributed by atoms with E-state index in [9.17, 15) is 31.8 Å². The van der Waals surface area contributed by atoms with Gasteiger partial charge in [-0.2, -0.15) is 0 Å². The summed E-state index contributed by atoms with van der Waals surface area (Å²) < 4.78 is 58.5. The Morgan fingerprint density at radius 1 is 1.02 bits per heavy atom. The van der Waals surface area contributed by atoms with E-state index >= 15 is 0 Å². The summed E-state index contributed by atoms with van der Waals surface area (Å²) in [4.78, 5) is 11.2. The molecule has 0 aliphatic heterocycles. The predicted molar refractivity (Wildman–Crippen MR) is 146 cm³/mol. The number of aliphatic carboxylic acids is 1. The van der Waals surface area contributed by atoms with Crippen LogP contribution in [0.1, 0.15) is 24.5 Å². The molecule has 1 unspecified atom stereocenters. The number of aromatic hydroxyl groups is 1. The highest BCUT2D eigenvalue weighted by molar-refractivity contribution is 7.91. The molecule has 6 N–H and O–H groups in total. The van der Waals surface area contributed by atoms with Crippen molar-refractivity contribution in [3.05, 3.63) is 71.8 Å². The summed E-state index contributed by atoms with van der Waals surface area (Å²) in [7, 11) is -7.84. The molecule has 3 rings (SSSR count). The zero-order chi connectivity index (χ0) is 29.7. The van der Waals surface area contributed by atoms with Crippen LogP contribution in [-0.4, -0.2) is 63.0 Å². The van der Waals surface area contributed by atoms with Crippen LogP contribution in [0.2, 0.25) is 0 Å². The number of rotatable bonds is 12. The van der Waals surface area contributed by atoms with E-state index in [4.69, 9.17) is 15.4 Å². The molecule has 0 saturated heterocycles. The minimum absolute atomic E-state index is 0.0144. The molecule has 0 aliphatic carbocycles. The van der Waals surface area contributed by atoms with Crippen LogP contribution in [0, 0.1) is 5.41 Å². The maximum Gasteiger partial charge on any atom is 0.344 e. The molecule has 12 nitrogen and oxygen atoms in total. The number of carbonyl (C=O) groups is 1. The van der Waals surface area contributed by atoms with Crippen LogP contribution in [-0.2, 0) is 31.1 Å². The summed E-state index contributed by atoms with van der Waals surface area (Å²) in [6.07, 6.45) is 0.0650. The molecule has 0 saturated carbocycles. The Kier molecular flexibility index (Phi) is 9.52. The molecule has 1 atom stereocenters. The van der Waals surface area contributed by atoms with Gasteiger partial charge in [0.2, 0.25) is 10.0 Å². The minimum Gasteiger partial charge on any atom is -0.507 e. The number of ether oxygens (including phenoxy) is 1. The Morgan fingerprint density at radius 2 is 1.73 bits per heavy atom. The van der Waals surface area contributed by atoms with Crippen LogP contribution < -0.4 is 14.9 Å². The average Bonchev–Trinajstić information content (AvgIpc) is 2.91. The monoisotopic (exact) mass is 591 g/mol. The first-order chi connectivity index (χ1) is 18.8. The van der Waals surface area contributed by atoms with Gasteiger partial charge in [0, 0.05) is 23.9 Å². The molecular formula is C26H29N3O9S2. The SMILES string of the molecule is CCC(Oc1cc(-c2ccccc2S(C)(=O)=O)ccc1CCNS(=O)(=O)c1cc(C(=N)NO)ccc1O)C(=O)O. The number of amidine groups is 1. The van der Waals surface area contributed by atoms with Crippen molar-refractivity contribution >= 4 is 31.7 Å². The Balaban J connectivity index is 1.94. The number of sulfonamides is 1. The summed E-state index contributed by atoms with van der Waals surface area (Å²) in [6.45, 7) is 1.45. The topological polar surface area (TPSA) is 203 Å². The number of hydrogen-bond donors (Lipinski definition) is 6. The lowest BCUT2D eigenvalue weighted by Gasteiger charge is -2.19. The van der Waals surface area contributed by atoms with Gasteiger partial charge < -0.3 is 14.9 Å². The van der Waals surface area contributed by atoms with Crippen molar-refractivity contribution in [3.63, 3.8) is 0 Å². The highest BCUT2D eigenvalue weighted by atomic mass is 32.2. The van der Waals surface area contributed by atoms with Gasteiger partial charge in [-0.1, -0.05) is 37.3 Å². The zero-order valence-electron chi connectivity index (χ0n) is 21.6. The second kappa shape index (κ2) is 12.5. The first-order valence-electron chi connectivity index (χ1n) is 11.9. The number of phenols is 1. The largest absolute Gasteiger partial charge is 0.507 e. The Labute approximate surface area is 231 Å². The van der Waals surface area contributed by atoms with Crippen LogP contribution in [0.25, 0.3) is 11.1 Å². The van der Waals surface area contributed by atoms with E-state index in [1.54, 1.807) is 42.7 Å². The van der Waals surface area contributed by atoms with Gasteiger partial charge in [0.1, 0.15) is 22.2 Å². The molecule has 0 heterocycles. The lowest BCUT2D eigenvalue weighted by molar-refractivity contribution is -0.145. The third-order valence-corrected chi connectivity index (χ3v) is 8.56. The van der Waals surface area contributed by atoms with Gasteiger partial charge in [0.25, 0.3) is 0 Å². The van der Waals surface area contributed by atoms with Gasteiger partial charge in [-0.3, -0.25) is 16.1 Å². The maximum atomic E-state index is 12.9. The van der Waals surface area contributed by atoms with E-state index in [1.165, 1.54) is 18.2 Å². The standard InChI is InChI=1S/C26H29N3O9S2/c1-3-21(26(31)32)38-22-14-17(19-6-4-5-7-23(19)39(2,34)35)9-8-16(22)12-13-28-40(36,37)24-15-18(25(27)29-33)10-11-20(24)30/h4-11,14-15,21,28,30,33H,3,12-13H2,1-2H3,(H2,27,29)(H,31,32). The summed E-state index contributed by atoms with van der Waals surface area (Å²) in [5, 5.41) is 36.1. The number of carboxylic acids is 1. The van der Waals surface area contributed by atoms with Gasteiger partial charge in [0.05, 0.1) is 4.90 Å². The molecule has 0 spiro atoms. The van der Waals surface area contributed by atoms with E-state index in [0.29, 0.717) is 16.7 Å². The van der Waals surface area contributed by atoms with Crippen LogP contribution in [0.4, 0.5) is 0 Å². The van der Waals surface area contributed by atoms with Crippen molar-refractivity contribution < 1.29 is 41.8 Å². The number of phenolic OH excluding ortho intramolecular Hbond substituents is 1.